The van der Waals surface area contributed by atoms with Crippen molar-refractivity contribution in [3.63, 3.8) is 0 Å². The fourth-order valence-electron chi connectivity index (χ4n) is 0.677. The van der Waals surface area contributed by atoms with Crippen LogP contribution in [0.2, 0.25) is 0 Å². The van der Waals surface area contributed by atoms with Gasteiger partial charge in [0.15, 0.2) is 0 Å². The van der Waals surface area contributed by atoms with E-state index in [-0.39, 0.29) is 0 Å². The molecule has 0 atom stereocenters. The lowest BCUT2D eigenvalue weighted by Crippen LogP contribution is -2.05. The van der Waals surface area contributed by atoms with Gasteiger partial charge in [-0.15, -0.1) is 0 Å². The van der Waals surface area contributed by atoms with Crippen LogP contribution in [0.25, 0.3) is 0 Å². The number of carbonyl (C=O) groups excluding carboxylic acids is 1. The number of hydrogen-bond acceptors (Lipinski definition) is 2. The van der Waals surface area contributed by atoms with Gasteiger partial charge >= 0.3 is 0 Å². The van der Waals surface area contributed by atoms with Gasteiger partial charge in [0.2, 0.25) is 0 Å². The van der Waals surface area contributed by atoms with Gasteiger partial charge in [0, 0.05) is 11.3 Å². The summed E-state index contributed by atoms with van der Waals surface area (Å²) in [6, 6.07) is 0. The van der Waals surface area contributed by atoms with Crippen LogP contribution in [-0.2, 0) is 4.79 Å². The maximum absolute atomic E-state index is 10.2. The fraction of sp³-hybridized carbons (Fsp3) is 0.625. The third-order valence-corrected chi connectivity index (χ3v) is 1.31. The largest absolute Gasteiger partial charge is 0.402 e. The Morgan fingerprint density at radius 3 is 2.40 bits per heavy atom. The monoisotopic (exact) mass is 141 g/mol. The minimum absolute atomic E-state index is 0.523. The van der Waals surface area contributed by atoms with Crippen molar-refractivity contribution in [2.45, 2.75) is 27.2 Å². The first-order valence-corrected chi connectivity index (χ1v) is 3.48. The number of carbonyl (C=O) groups is 1. The molecule has 0 rings (SSSR count). The van der Waals surface area contributed by atoms with Crippen LogP contribution in [0, 0.1) is 5.92 Å². The summed E-state index contributed by atoms with van der Waals surface area (Å²) in [6.07, 6.45) is 1.61. The molecule has 0 aromatic heterocycles. The lowest BCUT2D eigenvalue weighted by atomic mass is 10.1. The molecule has 0 unspecified atom stereocenters. The molecule has 10 heavy (non-hydrogen) atoms. The van der Waals surface area contributed by atoms with Crippen LogP contribution in [0.3, 0.4) is 0 Å². The van der Waals surface area contributed by atoms with Crippen molar-refractivity contribution in [1.82, 2.24) is 0 Å². The molecule has 0 aromatic carbocycles. The molecule has 0 heterocycles. The first-order chi connectivity index (χ1) is 4.57. The van der Waals surface area contributed by atoms with Crippen LogP contribution in [0.5, 0.6) is 0 Å². The average Bonchev–Trinajstić information content (AvgIpc) is 1.85. The highest BCUT2D eigenvalue weighted by Gasteiger charge is 1.99. The van der Waals surface area contributed by atoms with E-state index in [4.69, 9.17) is 5.73 Å². The van der Waals surface area contributed by atoms with Gasteiger partial charge in [-0.2, -0.15) is 0 Å². The molecule has 0 radical (unpaired) electrons. The highest BCUT2D eigenvalue weighted by molar-refractivity contribution is 5.73. The number of rotatable bonds is 3. The molecule has 0 saturated heterocycles. The average molecular weight is 141 g/mol. The molecule has 2 nitrogen and oxygen atoms in total. The lowest BCUT2D eigenvalue weighted by Gasteiger charge is -2.05. The van der Waals surface area contributed by atoms with Gasteiger partial charge in [-0.05, 0) is 19.3 Å². The third-order valence-electron chi connectivity index (χ3n) is 1.31. The standard InChI is InChI=1S/C8H15NO/c1-6(2)4-8(9)7(3)5-10/h5-6H,4,9H2,1-3H3/b8-7-. The maximum Gasteiger partial charge on any atom is 0.147 e. The van der Waals surface area contributed by atoms with Crippen LogP contribution in [0.15, 0.2) is 11.3 Å². The van der Waals surface area contributed by atoms with E-state index in [0.29, 0.717) is 17.2 Å². The topological polar surface area (TPSA) is 43.1 Å². The third kappa shape index (κ3) is 3.28. The van der Waals surface area contributed by atoms with Gasteiger partial charge in [0.05, 0.1) is 0 Å². The van der Waals surface area contributed by atoms with E-state index >= 15 is 0 Å². The van der Waals surface area contributed by atoms with Crippen LogP contribution < -0.4 is 5.73 Å². The Balaban J connectivity index is 4.04. The minimum Gasteiger partial charge on any atom is -0.402 e. The molecule has 0 aromatic rings. The highest BCUT2D eigenvalue weighted by atomic mass is 16.1. The highest BCUT2D eigenvalue weighted by Crippen LogP contribution is 2.07. The molecule has 0 amide bonds. The van der Waals surface area contributed by atoms with E-state index in [0.717, 1.165) is 12.7 Å². The van der Waals surface area contributed by atoms with E-state index < -0.39 is 0 Å². The van der Waals surface area contributed by atoms with E-state index in [1.807, 2.05) is 0 Å². The molecule has 0 saturated carbocycles. The Labute approximate surface area is 62.1 Å². The van der Waals surface area contributed by atoms with Crippen LogP contribution in [-0.4, -0.2) is 6.29 Å². The summed E-state index contributed by atoms with van der Waals surface area (Å²) in [5, 5.41) is 0. The molecular weight excluding hydrogens is 126 g/mol. The van der Waals surface area contributed by atoms with E-state index in [9.17, 15) is 4.79 Å². The van der Waals surface area contributed by atoms with E-state index in [1.165, 1.54) is 0 Å². The Morgan fingerprint density at radius 1 is 1.60 bits per heavy atom. The van der Waals surface area contributed by atoms with E-state index in [1.54, 1.807) is 6.92 Å². The number of nitrogens with two attached hydrogens (primary N) is 1. The van der Waals surface area contributed by atoms with Crippen molar-refractivity contribution in [3.8, 4) is 0 Å². The first kappa shape index (κ1) is 9.21. The number of allylic oxidation sites excluding steroid dienone is 2. The lowest BCUT2D eigenvalue weighted by molar-refractivity contribution is -0.104. The molecule has 0 aliphatic rings. The second kappa shape index (κ2) is 4.09. The van der Waals surface area contributed by atoms with Gasteiger partial charge < -0.3 is 5.73 Å². The Kier molecular flexibility index (Phi) is 3.77. The molecule has 0 spiro atoms. The summed E-state index contributed by atoms with van der Waals surface area (Å²) < 4.78 is 0. The molecule has 2 heteroatoms. The van der Waals surface area contributed by atoms with Crippen LogP contribution in [0.1, 0.15) is 27.2 Å². The second-order valence-electron chi connectivity index (χ2n) is 2.92. The normalized spacial score (nSPS) is 13.2. The Bertz CT molecular complexity index is 147. The predicted molar refractivity (Wildman–Crippen MR) is 42.4 cm³/mol. The van der Waals surface area contributed by atoms with Gasteiger partial charge in [0.25, 0.3) is 0 Å². The predicted octanol–water partition coefficient (Wildman–Crippen LogP) is 1.46. The number of hydrogen-bond donors (Lipinski definition) is 1. The second-order valence-corrected chi connectivity index (χ2v) is 2.92. The van der Waals surface area contributed by atoms with Gasteiger partial charge in [0.1, 0.15) is 6.29 Å². The maximum atomic E-state index is 10.2. The zero-order valence-electron chi connectivity index (χ0n) is 6.85. The minimum atomic E-state index is 0.523. The quantitative estimate of drug-likeness (QED) is 0.477. The molecule has 0 aliphatic carbocycles. The van der Waals surface area contributed by atoms with Crippen molar-refractivity contribution in [2.75, 3.05) is 0 Å². The van der Waals surface area contributed by atoms with Gasteiger partial charge in [-0.3, -0.25) is 4.79 Å². The Hall–Kier alpha value is -0.790. The SMILES string of the molecule is C/C(C=O)=C(/N)CC(C)C. The smallest absolute Gasteiger partial charge is 0.147 e. The van der Waals surface area contributed by atoms with Crippen LogP contribution in [0.4, 0.5) is 0 Å². The molecule has 0 fully saturated rings. The zero-order chi connectivity index (χ0) is 8.15. The Morgan fingerprint density at radius 2 is 2.10 bits per heavy atom. The van der Waals surface area contributed by atoms with E-state index in [2.05, 4.69) is 13.8 Å². The van der Waals surface area contributed by atoms with Gasteiger partial charge in [-0.25, -0.2) is 0 Å². The summed E-state index contributed by atoms with van der Waals surface area (Å²) in [5.74, 6) is 0.523. The van der Waals surface area contributed by atoms with Crippen molar-refractivity contribution >= 4 is 6.29 Å². The first-order valence-electron chi connectivity index (χ1n) is 3.48. The molecular formula is C8H15NO. The van der Waals surface area contributed by atoms with Crippen molar-refractivity contribution in [2.24, 2.45) is 11.7 Å². The van der Waals surface area contributed by atoms with Gasteiger partial charge in [-0.1, -0.05) is 13.8 Å². The summed E-state index contributed by atoms with van der Waals surface area (Å²) in [4.78, 5) is 10.2. The van der Waals surface area contributed by atoms with Crippen molar-refractivity contribution in [1.29, 1.82) is 0 Å². The summed E-state index contributed by atoms with van der Waals surface area (Å²) in [5.41, 5.74) is 6.95. The summed E-state index contributed by atoms with van der Waals surface area (Å²) >= 11 is 0. The molecule has 0 aliphatic heterocycles. The number of aldehydes is 1. The zero-order valence-corrected chi connectivity index (χ0v) is 6.85. The molecule has 2 N–H and O–H groups in total. The van der Waals surface area contributed by atoms with Crippen LogP contribution >= 0.6 is 0 Å². The molecule has 58 valence electrons. The summed E-state index contributed by atoms with van der Waals surface area (Å²) in [7, 11) is 0. The van der Waals surface area contributed by atoms with Crippen molar-refractivity contribution in [3.05, 3.63) is 11.3 Å². The summed E-state index contributed by atoms with van der Waals surface area (Å²) in [6.45, 7) is 5.89. The fourth-order valence-corrected chi connectivity index (χ4v) is 0.677. The van der Waals surface area contributed by atoms with Crippen molar-refractivity contribution < 1.29 is 4.79 Å². The molecule has 0 bridgehead atoms.